The molecule has 1 heterocycles. The first-order valence-corrected chi connectivity index (χ1v) is 10.8. The second kappa shape index (κ2) is 7.95. The van der Waals surface area contributed by atoms with Crippen LogP contribution in [0.15, 0.2) is 64.5 Å². The zero-order valence-corrected chi connectivity index (χ0v) is 17.4. The lowest BCUT2D eigenvalue weighted by molar-refractivity contribution is -0.123. The number of halogens is 1. The maximum Gasteiger partial charge on any atom is 0.226 e. The molecule has 0 saturated heterocycles. The van der Waals surface area contributed by atoms with E-state index in [1.165, 1.54) is 11.1 Å². The molecule has 1 aromatic heterocycles. The monoisotopic (exact) mass is 440 g/mol. The molecule has 0 unspecified atom stereocenters. The molecule has 1 aliphatic rings. The third-order valence-corrected chi connectivity index (χ3v) is 6.49. The van der Waals surface area contributed by atoms with Crippen molar-refractivity contribution in [3.63, 3.8) is 0 Å². The molecule has 0 spiro atoms. The Morgan fingerprint density at radius 1 is 1.15 bits per heavy atom. The maximum atomic E-state index is 12.7. The van der Waals surface area contributed by atoms with E-state index in [4.69, 9.17) is 0 Å². The molecule has 1 aliphatic carbocycles. The fourth-order valence-electron chi connectivity index (χ4n) is 3.56. The normalized spacial score (nSPS) is 15.1. The average Bonchev–Trinajstić information content (AvgIpc) is 3.06. The molecule has 1 N–H and O–H groups in total. The quantitative estimate of drug-likeness (QED) is 0.569. The van der Waals surface area contributed by atoms with E-state index in [-0.39, 0.29) is 11.4 Å². The number of carbonyl (C=O) groups is 1. The average molecular weight is 441 g/mol. The Morgan fingerprint density at radius 3 is 2.67 bits per heavy atom. The van der Waals surface area contributed by atoms with Crippen LogP contribution in [-0.2, 0) is 23.2 Å². The highest BCUT2D eigenvalue weighted by Gasteiger charge is 2.40. The molecule has 27 heavy (non-hydrogen) atoms. The van der Waals surface area contributed by atoms with Crippen molar-refractivity contribution in [2.24, 2.45) is 0 Å². The van der Waals surface area contributed by atoms with Crippen molar-refractivity contribution in [1.82, 2.24) is 10.3 Å². The Bertz CT molecular complexity index is 934. The van der Waals surface area contributed by atoms with Crippen LogP contribution < -0.4 is 5.32 Å². The van der Waals surface area contributed by atoms with Gasteiger partial charge in [-0.25, -0.2) is 4.98 Å². The highest BCUT2D eigenvalue weighted by atomic mass is 79.9. The Balaban J connectivity index is 1.41. The number of aromatic nitrogens is 1. The number of thiazole rings is 1. The molecule has 2 aromatic carbocycles. The summed E-state index contributed by atoms with van der Waals surface area (Å²) in [6.07, 6.45) is 4.28. The highest BCUT2D eigenvalue weighted by molar-refractivity contribution is 9.10. The molecule has 0 bridgehead atoms. The van der Waals surface area contributed by atoms with Crippen LogP contribution >= 0.6 is 27.3 Å². The number of hydrogen-bond donors (Lipinski definition) is 1. The smallest absolute Gasteiger partial charge is 0.226 e. The summed E-state index contributed by atoms with van der Waals surface area (Å²) in [4.78, 5) is 17.3. The maximum absolute atomic E-state index is 12.7. The Labute approximate surface area is 172 Å². The van der Waals surface area contributed by atoms with Crippen LogP contribution in [0.4, 0.5) is 0 Å². The number of benzene rings is 2. The molecule has 3 aromatic rings. The number of nitrogens with zero attached hydrogens (tertiary/aromatic N) is 1. The van der Waals surface area contributed by atoms with Gasteiger partial charge in [0.25, 0.3) is 0 Å². The van der Waals surface area contributed by atoms with Crippen LogP contribution in [0, 0.1) is 0 Å². The minimum Gasteiger partial charge on any atom is -0.346 e. The van der Waals surface area contributed by atoms with Crippen molar-refractivity contribution in [2.45, 2.75) is 37.6 Å². The zero-order valence-electron chi connectivity index (χ0n) is 15.0. The van der Waals surface area contributed by atoms with Crippen molar-refractivity contribution < 1.29 is 4.79 Å². The molecule has 0 aliphatic heterocycles. The van der Waals surface area contributed by atoms with Gasteiger partial charge >= 0.3 is 0 Å². The fraction of sp³-hybridized carbons (Fsp3) is 0.273. The van der Waals surface area contributed by atoms with Gasteiger partial charge in [0.1, 0.15) is 0 Å². The predicted molar refractivity (Wildman–Crippen MR) is 113 cm³/mol. The van der Waals surface area contributed by atoms with Gasteiger partial charge in [0.05, 0.1) is 22.7 Å². The molecule has 4 rings (SSSR count). The van der Waals surface area contributed by atoms with Gasteiger partial charge in [0, 0.05) is 16.3 Å². The molecule has 1 saturated carbocycles. The van der Waals surface area contributed by atoms with Gasteiger partial charge in [0.2, 0.25) is 5.91 Å². The van der Waals surface area contributed by atoms with Crippen LogP contribution in [0.25, 0.3) is 0 Å². The number of carbonyl (C=O) groups excluding carboxylic acids is 1. The summed E-state index contributed by atoms with van der Waals surface area (Å²) in [5.74, 6) is 0.0474. The van der Waals surface area contributed by atoms with Crippen LogP contribution in [0.3, 0.4) is 0 Å². The first kappa shape index (κ1) is 18.4. The minimum atomic E-state index is -0.218. The minimum absolute atomic E-state index is 0.0474. The van der Waals surface area contributed by atoms with E-state index in [1.54, 1.807) is 11.3 Å². The number of amides is 1. The van der Waals surface area contributed by atoms with Gasteiger partial charge in [-0.1, -0.05) is 58.4 Å². The van der Waals surface area contributed by atoms with Crippen LogP contribution in [0.5, 0.6) is 0 Å². The molecular weight excluding hydrogens is 420 g/mol. The number of nitrogens with one attached hydrogen (secondary N) is 1. The Kier molecular flexibility index (Phi) is 5.41. The summed E-state index contributed by atoms with van der Waals surface area (Å²) in [5, 5.41) is 6.34. The Hall–Kier alpha value is -1.98. The third kappa shape index (κ3) is 4.30. The molecule has 0 radical (unpaired) electrons. The molecule has 5 heteroatoms. The van der Waals surface area contributed by atoms with E-state index in [1.807, 2.05) is 35.7 Å². The van der Waals surface area contributed by atoms with Crippen molar-refractivity contribution in [1.29, 1.82) is 0 Å². The van der Waals surface area contributed by atoms with Crippen molar-refractivity contribution in [2.75, 3.05) is 0 Å². The van der Waals surface area contributed by atoms with E-state index in [0.717, 1.165) is 40.9 Å². The van der Waals surface area contributed by atoms with Crippen LogP contribution in [-0.4, -0.2) is 10.9 Å². The zero-order chi connectivity index (χ0) is 18.7. The van der Waals surface area contributed by atoms with Gasteiger partial charge < -0.3 is 5.32 Å². The van der Waals surface area contributed by atoms with Crippen molar-refractivity contribution >= 4 is 33.2 Å². The predicted octanol–water partition coefficient (Wildman–Crippen LogP) is 5.23. The van der Waals surface area contributed by atoms with Gasteiger partial charge in [-0.15, -0.1) is 11.3 Å². The summed E-state index contributed by atoms with van der Waals surface area (Å²) in [6.45, 7) is 0. The molecule has 0 atom stereocenters. The summed E-state index contributed by atoms with van der Waals surface area (Å²) in [6, 6.07) is 18.6. The standard InChI is InChI=1S/C22H21BrN2OS/c23-18-9-4-8-17(13-18)22(10-5-11-22)25-20(26)14-19-15-27-21(24-19)12-16-6-2-1-3-7-16/h1-4,6-9,13,15H,5,10-12,14H2,(H,25,26). The molecule has 138 valence electrons. The molecule has 3 nitrogen and oxygen atoms in total. The van der Waals surface area contributed by atoms with E-state index >= 15 is 0 Å². The van der Waals surface area contributed by atoms with Gasteiger partial charge in [0.15, 0.2) is 0 Å². The first-order chi connectivity index (χ1) is 13.1. The third-order valence-electron chi connectivity index (χ3n) is 5.10. The Morgan fingerprint density at radius 2 is 1.96 bits per heavy atom. The molecular formula is C22H21BrN2OS. The van der Waals surface area contributed by atoms with Crippen molar-refractivity contribution in [3.8, 4) is 0 Å². The summed E-state index contributed by atoms with van der Waals surface area (Å²) in [7, 11) is 0. The molecule has 1 fully saturated rings. The van der Waals surface area contributed by atoms with Gasteiger partial charge in [-0.2, -0.15) is 0 Å². The highest BCUT2D eigenvalue weighted by Crippen LogP contribution is 2.42. The second-order valence-electron chi connectivity index (χ2n) is 7.07. The van der Waals surface area contributed by atoms with Crippen molar-refractivity contribution in [3.05, 3.63) is 86.3 Å². The number of hydrogen-bond acceptors (Lipinski definition) is 3. The van der Waals surface area contributed by atoms with E-state index in [0.29, 0.717) is 6.42 Å². The van der Waals surface area contributed by atoms with E-state index in [2.05, 4.69) is 50.5 Å². The number of rotatable bonds is 6. The van der Waals surface area contributed by atoms with Crippen LogP contribution in [0.2, 0.25) is 0 Å². The lowest BCUT2D eigenvalue weighted by Crippen LogP contribution is -2.51. The molecule has 1 amide bonds. The fourth-order valence-corrected chi connectivity index (χ4v) is 4.79. The second-order valence-corrected chi connectivity index (χ2v) is 8.92. The van der Waals surface area contributed by atoms with Gasteiger partial charge in [-0.05, 0) is 42.5 Å². The summed E-state index contributed by atoms with van der Waals surface area (Å²) < 4.78 is 1.05. The lowest BCUT2D eigenvalue weighted by atomic mass is 9.71. The van der Waals surface area contributed by atoms with Crippen LogP contribution in [0.1, 0.15) is 41.1 Å². The van der Waals surface area contributed by atoms with E-state index < -0.39 is 0 Å². The largest absolute Gasteiger partial charge is 0.346 e. The SMILES string of the molecule is O=C(Cc1csc(Cc2ccccc2)n1)NC1(c2cccc(Br)c2)CCC1. The lowest BCUT2D eigenvalue weighted by Gasteiger charge is -2.43. The summed E-state index contributed by atoms with van der Waals surface area (Å²) in [5.41, 5.74) is 3.06. The first-order valence-electron chi connectivity index (χ1n) is 9.17. The van der Waals surface area contributed by atoms with Gasteiger partial charge in [-0.3, -0.25) is 4.79 Å². The topological polar surface area (TPSA) is 42.0 Å². The van der Waals surface area contributed by atoms with E-state index in [9.17, 15) is 4.79 Å². The summed E-state index contributed by atoms with van der Waals surface area (Å²) >= 11 is 5.16.